The van der Waals surface area contributed by atoms with E-state index in [0.717, 1.165) is 36.0 Å². The van der Waals surface area contributed by atoms with Gasteiger partial charge in [0.25, 0.3) is 0 Å². The molecule has 0 atom stereocenters. The summed E-state index contributed by atoms with van der Waals surface area (Å²) >= 11 is 0. The maximum atomic E-state index is 11.1. The fraction of sp³-hybridized carbons (Fsp3) is 0.421. The summed E-state index contributed by atoms with van der Waals surface area (Å²) in [6.45, 7) is 6.09. The first-order chi connectivity index (χ1) is 11.7. The maximum absolute atomic E-state index is 11.1. The largest absolute Gasteiger partial charge is 0.441 e. The SMILES string of the molecule is CC(=O)Nc1ccc(-c2ccc(N3CCN4CCC3CC4)o2)cc1. The number of furan rings is 1. The molecule has 3 aliphatic rings. The van der Waals surface area contributed by atoms with Gasteiger partial charge in [-0.25, -0.2) is 0 Å². The molecule has 1 aromatic heterocycles. The van der Waals surface area contributed by atoms with Gasteiger partial charge in [-0.05, 0) is 43.2 Å². The van der Waals surface area contributed by atoms with Crippen molar-refractivity contribution in [3.8, 4) is 11.3 Å². The molecule has 2 bridgehead atoms. The Morgan fingerprint density at radius 1 is 1.04 bits per heavy atom. The predicted molar refractivity (Wildman–Crippen MR) is 95.3 cm³/mol. The number of benzene rings is 1. The molecule has 3 saturated heterocycles. The van der Waals surface area contributed by atoms with Gasteiger partial charge >= 0.3 is 0 Å². The number of hydrogen-bond acceptors (Lipinski definition) is 4. The molecule has 5 rings (SSSR count). The number of carbonyl (C=O) groups excluding carboxylic acids is 1. The van der Waals surface area contributed by atoms with E-state index in [1.165, 1.54) is 32.9 Å². The third kappa shape index (κ3) is 3.04. The smallest absolute Gasteiger partial charge is 0.221 e. The highest BCUT2D eigenvalue weighted by atomic mass is 16.4. The van der Waals surface area contributed by atoms with E-state index in [9.17, 15) is 4.79 Å². The van der Waals surface area contributed by atoms with Crippen LogP contribution in [-0.2, 0) is 4.79 Å². The Hall–Kier alpha value is -2.27. The van der Waals surface area contributed by atoms with E-state index in [2.05, 4.69) is 21.2 Å². The summed E-state index contributed by atoms with van der Waals surface area (Å²) in [5.74, 6) is 1.79. The van der Waals surface area contributed by atoms with Crippen molar-refractivity contribution in [2.24, 2.45) is 0 Å². The summed E-state index contributed by atoms with van der Waals surface area (Å²) in [6.07, 6.45) is 2.45. The number of hydrogen-bond donors (Lipinski definition) is 1. The number of amides is 1. The number of rotatable bonds is 3. The van der Waals surface area contributed by atoms with Gasteiger partial charge in [0.1, 0.15) is 5.76 Å². The van der Waals surface area contributed by atoms with Crippen molar-refractivity contribution >= 4 is 17.5 Å². The second-order valence-electron chi connectivity index (χ2n) is 6.66. The van der Waals surface area contributed by atoms with E-state index in [-0.39, 0.29) is 5.91 Å². The second kappa shape index (κ2) is 6.32. The summed E-state index contributed by atoms with van der Waals surface area (Å²) in [5, 5.41) is 2.78. The lowest BCUT2D eigenvalue weighted by Crippen LogP contribution is -2.37. The van der Waals surface area contributed by atoms with Crippen molar-refractivity contribution in [1.29, 1.82) is 0 Å². The Morgan fingerprint density at radius 2 is 1.79 bits per heavy atom. The highest BCUT2D eigenvalue weighted by Crippen LogP contribution is 2.32. The molecule has 3 fully saturated rings. The van der Waals surface area contributed by atoms with Crippen LogP contribution in [0.4, 0.5) is 11.6 Å². The zero-order valence-corrected chi connectivity index (χ0v) is 14.0. The molecule has 3 aliphatic heterocycles. The lowest BCUT2D eigenvalue weighted by molar-refractivity contribution is -0.114. The van der Waals surface area contributed by atoms with Gasteiger partial charge in [0.2, 0.25) is 5.91 Å². The Labute approximate surface area is 142 Å². The average molecular weight is 325 g/mol. The van der Waals surface area contributed by atoms with Crippen molar-refractivity contribution in [2.75, 3.05) is 36.4 Å². The predicted octanol–water partition coefficient (Wildman–Crippen LogP) is 3.19. The summed E-state index contributed by atoms with van der Waals surface area (Å²) in [6, 6.07) is 12.5. The van der Waals surface area contributed by atoms with Crippen LogP contribution in [0, 0.1) is 0 Å². The molecule has 126 valence electrons. The third-order valence-electron chi connectivity index (χ3n) is 5.02. The molecule has 0 aliphatic carbocycles. The minimum atomic E-state index is -0.0604. The van der Waals surface area contributed by atoms with Crippen LogP contribution in [0.5, 0.6) is 0 Å². The monoisotopic (exact) mass is 325 g/mol. The van der Waals surface area contributed by atoms with E-state index >= 15 is 0 Å². The van der Waals surface area contributed by atoms with Crippen LogP contribution in [0.3, 0.4) is 0 Å². The Balaban J connectivity index is 1.53. The molecular formula is C19H23N3O2. The van der Waals surface area contributed by atoms with Gasteiger partial charge in [-0.2, -0.15) is 0 Å². The average Bonchev–Trinajstić information content (AvgIpc) is 2.88. The third-order valence-corrected chi connectivity index (χ3v) is 5.02. The minimum Gasteiger partial charge on any atom is -0.441 e. The van der Waals surface area contributed by atoms with Crippen molar-refractivity contribution in [3.63, 3.8) is 0 Å². The first-order valence-corrected chi connectivity index (χ1v) is 8.66. The zero-order chi connectivity index (χ0) is 16.5. The van der Waals surface area contributed by atoms with E-state index in [1.807, 2.05) is 30.3 Å². The number of piperidine rings is 1. The molecule has 1 aromatic carbocycles. The summed E-state index contributed by atoms with van der Waals surface area (Å²) in [7, 11) is 0. The Bertz CT molecular complexity index is 714. The first kappa shape index (κ1) is 15.3. The number of nitrogens with one attached hydrogen (secondary N) is 1. The van der Waals surface area contributed by atoms with E-state index in [4.69, 9.17) is 4.42 Å². The van der Waals surface area contributed by atoms with Crippen LogP contribution in [0.15, 0.2) is 40.8 Å². The molecule has 1 N–H and O–H groups in total. The quantitative estimate of drug-likeness (QED) is 0.941. The molecule has 1 amide bonds. The van der Waals surface area contributed by atoms with Crippen molar-refractivity contribution in [2.45, 2.75) is 25.8 Å². The molecule has 5 heteroatoms. The zero-order valence-electron chi connectivity index (χ0n) is 14.0. The van der Waals surface area contributed by atoms with Gasteiger partial charge in [0, 0.05) is 56.5 Å². The second-order valence-corrected chi connectivity index (χ2v) is 6.66. The van der Waals surface area contributed by atoms with Crippen LogP contribution in [0.1, 0.15) is 19.8 Å². The number of fused-ring (bicyclic) bond motifs is 4. The summed E-state index contributed by atoms with van der Waals surface area (Å²) in [5.41, 5.74) is 1.83. The molecule has 5 nitrogen and oxygen atoms in total. The lowest BCUT2D eigenvalue weighted by atomic mass is 10.1. The molecule has 0 saturated carbocycles. The fourth-order valence-electron chi connectivity index (χ4n) is 3.73. The normalized spacial score (nSPS) is 23.1. The number of nitrogens with zero attached hydrogens (tertiary/aromatic N) is 2. The topological polar surface area (TPSA) is 48.7 Å². The molecule has 24 heavy (non-hydrogen) atoms. The lowest BCUT2D eigenvalue weighted by Gasteiger charge is -2.31. The van der Waals surface area contributed by atoms with Gasteiger partial charge in [-0.1, -0.05) is 0 Å². The van der Waals surface area contributed by atoms with Crippen molar-refractivity contribution < 1.29 is 9.21 Å². The highest BCUT2D eigenvalue weighted by Gasteiger charge is 2.30. The summed E-state index contributed by atoms with van der Waals surface area (Å²) < 4.78 is 6.16. The highest BCUT2D eigenvalue weighted by molar-refractivity contribution is 5.88. The fourth-order valence-corrected chi connectivity index (χ4v) is 3.73. The van der Waals surface area contributed by atoms with E-state index in [1.54, 1.807) is 0 Å². The van der Waals surface area contributed by atoms with Crippen molar-refractivity contribution in [3.05, 3.63) is 36.4 Å². The van der Waals surface area contributed by atoms with E-state index in [0.29, 0.717) is 6.04 Å². The minimum absolute atomic E-state index is 0.0604. The van der Waals surface area contributed by atoms with Crippen molar-refractivity contribution in [1.82, 2.24) is 4.90 Å². The molecule has 0 unspecified atom stereocenters. The molecule has 2 aromatic rings. The van der Waals surface area contributed by atoms with Gasteiger partial charge in [-0.15, -0.1) is 0 Å². The summed E-state index contributed by atoms with van der Waals surface area (Å²) in [4.78, 5) is 16.1. The number of anilines is 2. The standard InChI is InChI=1S/C19H23N3O2/c1-14(23)20-16-4-2-15(3-5-16)18-6-7-19(24-18)22-13-12-21-10-8-17(22)9-11-21/h2-7,17H,8-13H2,1H3,(H,20,23). The van der Waals surface area contributed by atoms with E-state index < -0.39 is 0 Å². The van der Waals surface area contributed by atoms with Gasteiger partial charge in [0.15, 0.2) is 5.88 Å². The Morgan fingerprint density at radius 3 is 2.50 bits per heavy atom. The van der Waals surface area contributed by atoms with Gasteiger partial charge in [-0.3, -0.25) is 4.79 Å². The molecule has 0 spiro atoms. The Kier molecular flexibility index (Phi) is 4.02. The van der Waals surface area contributed by atoms with Crippen LogP contribution in [-0.4, -0.2) is 43.0 Å². The van der Waals surface area contributed by atoms with Gasteiger partial charge in [0.05, 0.1) is 0 Å². The van der Waals surface area contributed by atoms with Crippen LogP contribution in [0.25, 0.3) is 11.3 Å². The van der Waals surface area contributed by atoms with Crippen LogP contribution >= 0.6 is 0 Å². The number of carbonyl (C=O) groups is 1. The first-order valence-electron chi connectivity index (χ1n) is 8.66. The molecule has 0 radical (unpaired) electrons. The molecular weight excluding hydrogens is 302 g/mol. The van der Waals surface area contributed by atoms with Crippen LogP contribution < -0.4 is 10.2 Å². The maximum Gasteiger partial charge on any atom is 0.221 e. The van der Waals surface area contributed by atoms with Gasteiger partial charge < -0.3 is 19.5 Å². The molecule has 4 heterocycles. The van der Waals surface area contributed by atoms with Crippen LogP contribution in [0.2, 0.25) is 0 Å².